The van der Waals surface area contributed by atoms with Crippen LogP contribution in [-0.4, -0.2) is 34.0 Å². The van der Waals surface area contributed by atoms with Gasteiger partial charge in [-0.25, -0.2) is 4.99 Å². The topological polar surface area (TPSA) is 177 Å². The van der Waals surface area contributed by atoms with E-state index >= 15 is 0 Å². The molecule has 0 aliphatic carbocycles. The average molecular weight is 708 g/mol. The van der Waals surface area contributed by atoms with Crippen LogP contribution in [0, 0.1) is 20.2 Å². The maximum atomic E-state index is 14.2. The molecule has 51 heavy (non-hydrogen) atoms. The van der Waals surface area contributed by atoms with Gasteiger partial charge in [0.05, 0.1) is 51.5 Å². The quantitative estimate of drug-likeness (QED) is 0.130. The van der Waals surface area contributed by atoms with Crippen molar-refractivity contribution in [3.8, 4) is 23.0 Å². The zero-order chi connectivity index (χ0) is 36.2. The average Bonchev–Trinajstić information content (AvgIpc) is 3.42. The molecule has 1 aliphatic rings. The molecule has 14 nitrogen and oxygen atoms in total. The summed E-state index contributed by atoms with van der Waals surface area (Å²) in [5.41, 5.74) is 1.16. The summed E-state index contributed by atoms with van der Waals surface area (Å²) in [4.78, 5) is 54.3. The number of methoxy groups -OCH3 is 1. The predicted octanol–water partition coefficient (Wildman–Crippen LogP) is 5.89. The number of nitro benzene ring substituents is 2. The number of fused-ring (bicyclic) bond motifs is 1. The van der Waals surface area contributed by atoms with Crippen molar-refractivity contribution < 1.29 is 28.9 Å². The molecule has 1 aliphatic heterocycles. The number of amides is 1. The van der Waals surface area contributed by atoms with Gasteiger partial charge in [0.2, 0.25) is 5.75 Å². The summed E-state index contributed by atoms with van der Waals surface area (Å²) >= 11 is 1.15. The molecule has 1 N–H and O–H groups in total. The van der Waals surface area contributed by atoms with Crippen LogP contribution in [0.3, 0.4) is 0 Å². The van der Waals surface area contributed by atoms with Gasteiger partial charge in [-0.15, -0.1) is 0 Å². The molecule has 258 valence electrons. The Hall–Kier alpha value is -6.61. The number of hydrogen-bond donors (Lipinski definition) is 1. The van der Waals surface area contributed by atoms with Crippen molar-refractivity contribution in [1.82, 2.24) is 4.57 Å². The van der Waals surface area contributed by atoms with Crippen LogP contribution >= 0.6 is 11.3 Å². The summed E-state index contributed by atoms with van der Waals surface area (Å²) in [6.45, 7) is 4.09. The van der Waals surface area contributed by atoms with Gasteiger partial charge in [0.25, 0.3) is 17.2 Å². The molecule has 0 unspecified atom stereocenters. The Morgan fingerprint density at radius 3 is 2.35 bits per heavy atom. The minimum absolute atomic E-state index is 0.105. The Bertz CT molecular complexity index is 2390. The van der Waals surface area contributed by atoms with E-state index in [0.717, 1.165) is 29.5 Å². The van der Waals surface area contributed by atoms with Crippen LogP contribution in [0.1, 0.15) is 31.0 Å². The van der Waals surface area contributed by atoms with Crippen LogP contribution in [0.2, 0.25) is 0 Å². The number of hydrogen-bond acceptors (Lipinski definition) is 11. The summed E-state index contributed by atoms with van der Waals surface area (Å²) in [6.07, 6.45) is 1.64. The zero-order valence-electron chi connectivity index (χ0n) is 27.4. The third-order valence-electron chi connectivity index (χ3n) is 7.86. The summed E-state index contributed by atoms with van der Waals surface area (Å²) in [6, 6.07) is 23.2. The third kappa shape index (κ3) is 7.09. The number of ether oxygens (including phenoxy) is 3. The van der Waals surface area contributed by atoms with E-state index < -0.39 is 33.2 Å². The van der Waals surface area contributed by atoms with Gasteiger partial charge in [-0.2, -0.15) is 0 Å². The third-order valence-corrected chi connectivity index (χ3v) is 8.84. The highest BCUT2D eigenvalue weighted by Crippen LogP contribution is 2.38. The highest BCUT2D eigenvalue weighted by atomic mass is 32.1. The predicted molar refractivity (Wildman–Crippen MR) is 189 cm³/mol. The number of para-hydroxylation sites is 1. The van der Waals surface area contributed by atoms with Gasteiger partial charge in [-0.1, -0.05) is 47.7 Å². The summed E-state index contributed by atoms with van der Waals surface area (Å²) < 4.78 is 18.7. The first-order chi connectivity index (χ1) is 24.6. The number of aromatic nitrogens is 1. The number of non-ortho nitro benzene ring substituents is 1. The first-order valence-corrected chi connectivity index (χ1v) is 16.3. The van der Waals surface area contributed by atoms with Gasteiger partial charge in [0.1, 0.15) is 5.75 Å². The minimum atomic E-state index is -0.800. The molecule has 1 amide bonds. The molecule has 0 bridgehead atoms. The van der Waals surface area contributed by atoms with Crippen molar-refractivity contribution in [3.05, 3.63) is 153 Å². The van der Waals surface area contributed by atoms with E-state index in [-0.39, 0.29) is 22.8 Å². The van der Waals surface area contributed by atoms with Crippen molar-refractivity contribution >= 4 is 40.4 Å². The lowest BCUT2D eigenvalue weighted by atomic mass is 9.95. The normalized spacial score (nSPS) is 13.9. The Labute approximate surface area is 293 Å². The fraction of sp³-hybridized carbons (Fsp3) is 0.139. The van der Waals surface area contributed by atoms with Crippen molar-refractivity contribution in [2.75, 3.05) is 19.0 Å². The number of nitrogens with zero attached hydrogens (tertiary/aromatic N) is 4. The van der Waals surface area contributed by atoms with Crippen LogP contribution in [0.4, 0.5) is 17.1 Å². The molecule has 0 radical (unpaired) electrons. The molecule has 0 saturated heterocycles. The van der Waals surface area contributed by atoms with Crippen molar-refractivity contribution in [2.24, 2.45) is 4.99 Å². The molecule has 15 heteroatoms. The van der Waals surface area contributed by atoms with E-state index in [4.69, 9.17) is 14.2 Å². The van der Waals surface area contributed by atoms with Gasteiger partial charge in [-0.3, -0.25) is 34.4 Å². The SMILES string of the molecule is CCOc1ccc([C@H]2C(C(=O)Nc3ccccc3)=C(C)N=c3s/c(=C\c4ccc(Oc5ccc([N+](=O)[O-])cc5[N+](=O)[O-])c(OC)c4)c(=O)n32)cc1. The molecule has 6 rings (SSSR count). The number of carbonyl (C=O) groups is 1. The molecule has 0 spiro atoms. The van der Waals surface area contributed by atoms with Gasteiger partial charge < -0.3 is 19.5 Å². The Kier molecular flexibility index (Phi) is 9.72. The number of allylic oxidation sites excluding steroid dienone is 1. The van der Waals surface area contributed by atoms with Gasteiger partial charge in [0.15, 0.2) is 16.3 Å². The molecular formula is C36H29N5O9S. The monoisotopic (exact) mass is 707 g/mol. The van der Waals surface area contributed by atoms with Gasteiger partial charge >= 0.3 is 5.69 Å². The van der Waals surface area contributed by atoms with Gasteiger partial charge in [0, 0.05) is 11.8 Å². The Balaban J connectivity index is 1.40. The summed E-state index contributed by atoms with van der Waals surface area (Å²) in [5.74, 6) is 0.320. The van der Waals surface area contributed by atoms with Gasteiger partial charge in [-0.05, 0) is 73.5 Å². The fourth-order valence-electron chi connectivity index (χ4n) is 5.54. The van der Waals surface area contributed by atoms with Crippen LogP contribution in [0.15, 0.2) is 112 Å². The second-order valence-electron chi connectivity index (χ2n) is 11.1. The highest BCUT2D eigenvalue weighted by Gasteiger charge is 2.32. The van der Waals surface area contributed by atoms with Crippen LogP contribution in [0.5, 0.6) is 23.0 Å². The number of nitrogens with one attached hydrogen (secondary N) is 1. The Morgan fingerprint density at radius 1 is 0.961 bits per heavy atom. The van der Waals surface area contributed by atoms with E-state index in [1.54, 1.807) is 49.4 Å². The van der Waals surface area contributed by atoms with Crippen molar-refractivity contribution in [2.45, 2.75) is 19.9 Å². The number of carbonyl (C=O) groups excluding carboxylic acids is 1. The second kappa shape index (κ2) is 14.5. The smallest absolute Gasteiger partial charge is 0.318 e. The molecule has 0 fully saturated rings. The van der Waals surface area contributed by atoms with E-state index in [2.05, 4.69) is 10.3 Å². The van der Waals surface area contributed by atoms with Crippen LogP contribution in [0.25, 0.3) is 6.08 Å². The maximum Gasteiger partial charge on any atom is 0.318 e. The first kappa shape index (κ1) is 34.3. The minimum Gasteiger partial charge on any atom is -0.494 e. The van der Waals surface area contributed by atoms with E-state index in [0.29, 0.717) is 49.8 Å². The lowest BCUT2D eigenvalue weighted by Gasteiger charge is -2.25. The highest BCUT2D eigenvalue weighted by molar-refractivity contribution is 7.07. The van der Waals surface area contributed by atoms with Crippen LogP contribution in [-0.2, 0) is 4.79 Å². The zero-order valence-corrected chi connectivity index (χ0v) is 28.2. The molecule has 2 heterocycles. The standard InChI is InChI=1S/C36H29N5O9S/c1-4-49-26-14-11-23(12-15-26)33-32(34(42)38-24-8-6-5-7-9-24)21(2)37-36-39(33)35(43)31(51-36)19-22-10-16-29(30(18-22)48-3)50-28-17-13-25(40(44)45)20-27(28)41(46)47/h5-20,33H,4H2,1-3H3,(H,38,42)/b31-19-/t33-/m0/s1. The van der Waals surface area contributed by atoms with Crippen molar-refractivity contribution in [3.63, 3.8) is 0 Å². The molecule has 4 aromatic carbocycles. The molecule has 0 saturated carbocycles. The van der Waals surface area contributed by atoms with E-state index in [1.165, 1.54) is 17.7 Å². The summed E-state index contributed by atoms with van der Waals surface area (Å²) in [5, 5.41) is 25.7. The number of benzene rings is 4. The van der Waals surface area contributed by atoms with E-state index in [9.17, 15) is 29.8 Å². The second-order valence-corrected chi connectivity index (χ2v) is 12.1. The molecule has 1 aromatic heterocycles. The fourth-order valence-corrected chi connectivity index (χ4v) is 6.58. The van der Waals surface area contributed by atoms with Crippen molar-refractivity contribution in [1.29, 1.82) is 0 Å². The Morgan fingerprint density at radius 2 is 1.69 bits per heavy atom. The number of rotatable bonds is 11. The van der Waals surface area contributed by atoms with Crippen LogP contribution < -0.4 is 34.4 Å². The largest absolute Gasteiger partial charge is 0.494 e. The maximum absolute atomic E-state index is 14.2. The lowest BCUT2D eigenvalue weighted by molar-refractivity contribution is -0.394. The molecule has 1 atom stereocenters. The number of thiazole rings is 1. The summed E-state index contributed by atoms with van der Waals surface area (Å²) in [7, 11) is 1.38. The lowest BCUT2D eigenvalue weighted by Crippen LogP contribution is -2.40. The molecule has 5 aromatic rings. The first-order valence-electron chi connectivity index (χ1n) is 15.5. The number of nitro groups is 2. The van der Waals surface area contributed by atoms with E-state index in [1.807, 2.05) is 37.3 Å². The molecular weight excluding hydrogens is 678 g/mol. The number of anilines is 1.